The molecule has 1 amide bonds. The van der Waals surface area contributed by atoms with Crippen molar-refractivity contribution >= 4 is 40.3 Å². The number of ether oxygens (including phenoxy) is 1. The van der Waals surface area contributed by atoms with E-state index in [-0.39, 0.29) is 11.6 Å². The maximum absolute atomic E-state index is 12.6. The summed E-state index contributed by atoms with van der Waals surface area (Å²) in [5.74, 6) is 1.53. The average molecular weight is 462 g/mol. The van der Waals surface area contributed by atoms with Gasteiger partial charge in [0.25, 0.3) is 5.91 Å². The first-order valence-corrected chi connectivity index (χ1v) is 11.1. The van der Waals surface area contributed by atoms with Crippen LogP contribution in [0.5, 0.6) is 11.5 Å². The van der Waals surface area contributed by atoms with Crippen LogP contribution in [-0.2, 0) is 7.05 Å². The van der Waals surface area contributed by atoms with E-state index >= 15 is 0 Å². The first kappa shape index (κ1) is 21.9. The summed E-state index contributed by atoms with van der Waals surface area (Å²) in [5.41, 5.74) is 4.70. The lowest BCUT2D eigenvalue weighted by molar-refractivity contribution is 0.102. The minimum Gasteiger partial charge on any atom is -0.457 e. The summed E-state index contributed by atoms with van der Waals surface area (Å²) >= 11 is 0. The molecular formula is C28H23N5O2. The highest BCUT2D eigenvalue weighted by Crippen LogP contribution is 2.28. The Balaban J connectivity index is 1.33. The van der Waals surface area contributed by atoms with Crippen LogP contribution in [0.15, 0.2) is 97.7 Å². The molecular weight excluding hydrogens is 438 g/mol. The molecule has 0 aliphatic rings. The molecule has 35 heavy (non-hydrogen) atoms. The van der Waals surface area contributed by atoms with Crippen LogP contribution in [-0.4, -0.2) is 20.4 Å². The Morgan fingerprint density at radius 2 is 1.71 bits per heavy atom. The average Bonchev–Trinajstić information content (AvgIpc) is 3.19. The number of hydrogen-bond donors (Lipinski definition) is 2. The Bertz CT molecular complexity index is 1510. The van der Waals surface area contributed by atoms with E-state index in [2.05, 4.69) is 22.2 Å². The van der Waals surface area contributed by atoms with Gasteiger partial charge in [-0.1, -0.05) is 43.0 Å². The number of carbonyl (C=O) groups excluding carboxylic acids is 1. The minimum absolute atomic E-state index is 0.263. The monoisotopic (exact) mass is 461 g/mol. The molecule has 0 aliphatic heterocycles. The maximum atomic E-state index is 12.6. The SMILES string of the molecule is C=Cc1ccc(Nc2nc3cc(Oc4ccnc(C(=O)Nc5ccccc5)c4)ccc3n2C)cc1. The summed E-state index contributed by atoms with van der Waals surface area (Å²) in [4.78, 5) is 21.5. The van der Waals surface area contributed by atoms with Crippen molar-refractivity contribution in [3.05, 3.63) is 109 Å². The van der Waals surface area contributed by atoms with Crippen LogP contribution in [0.4, 0.5) is 17.3 Å². The number of aryl methyl sites for hydroxylation is 1. The van der Waals surface area contributed by atoms with Crippen molar-refractivity contribution in [1.29, 1.82) is 0 Å². The number of amides is 1. The van der Waals surface area contributed by atoms with Crippen molar-refractivity contribution in [3.8, 4) is 11.5 Å². The Morgan fingerprint density at radius 3 is 2.49 bits per heavy atom. The summed E-state index contributed by atoms with van der Waals surface area (Å²) in [6, 6.07) is 26.2. The smallest absolute Gasteiger partial charge is 0.274 e. The van der Waals surface area contributed by atoms with Crippen LogP contribution in [0.1, 0.15) is 16.1 Å². The molecule has 0 saturated heterocycles. The number of benzene rings is 3. The third-order valence-electron chi connectivity index (χ3n) is 5.49. The van der Waals surface area contributed by atoms with Crippen LogP contribution in [0, 0.1) is 0 Å². The van der Waals surface area contributed by atoms with Crippen molar-refractivity contribution in [3.63, 3.8) is 0 Å². The maximum Gasteiger partial charge on any atom is 0.274 e. The van der Waals surface area contributed by atoms with Gasteiger partial charge in [0.1, 0.15) is 17.2 Å². The molecule has 0 unspecified atom stereocenters. The number of imidazole rings is 1. The van der Waals surface area contributed by atoms with Gasteiger partial charge in [-0.15, -0.1) is 0 Å². The lowest BCUT2D eigenvalue weighted by Gasteiger charge is -2.08. The van der Waals surface area contributed by atoms with Gasteiger partial charge in [-0.05, 0) is 48.0 Å². The number of para-hydroxylation sites is 1. The van der Waals surface area contributed by atoms with Crippen LogP contribution in [0.25, 0.3) is 17.1 Å². The number of rotatable bonds is 7. The molecule has 0 atom stereocenters. The Morgan fingerprint density at radius 1 is 0.943 bits per heavy atom. The van der Waals surface area contributed by atoms with Gasteiger partial charge < -0.3 is 19.9 Å². The summed E-state index contributed by atoms with van der Waals surface area (Å²) in [6.07, 6.45) is 3.36. The van der Waals surface area contributed by atoms with Crippen molar-refractivity contribution in [2.24, 2.45) is 7.05 Å². The first-order chi connectivity index (χ1) is 17.1. The summed E-state index contributed by atoms with van der Waals surface area (Å²) in [5, 5.41) is 6.17. The molecule has 7 heteroatoms. The number of nitrogens with zero attached hydrogens (tertiary/aromatic N) is 3. The van der Waals surface area contributed by atoms with Crippen molar-refractivity contribution in [2.45, 2.75) is 0 Å². The van der Waals surface area contributed by atoms with Gasteiger partial charge >= 0.3 is 0 Å². The third kappa shape index (κ3) is 4.89. The van der Waals surface area contributed by atoms with Gasteiger partial charge in [0.15, 0.2) is 0 Å². The van der Waals surface area contributed by atoms with Gasteiger partial charge in [-0.3, -0.25) is 9.78 Å². The number of pyridine rings is 1. The predicted molar refractivity (Wildman–Crippen MR) is 139 cm³/mol. The van der Waals surface area contributed by atoms with Crippen molar-refractivity contribution in [1.82, 2.24) is 14.5 Å². The van der Waals surface area contributed by atoms with E-state index in [4.69, 9.17) is 9.72 Å². The highest BCUT2D eigenvalue weighted by atomic mass is 16.5. The van der Waals surface area contributed by atoms with Gasteiger partial charge in [-0.2, -0.15) is 0 Å². The second kappa shape index (κ2) is 9.52. The molecule has 0 aliphatic carbocycles. The Kier molecular flexibility index (Phi) is 5.96. The molecule has 7 nitrogen and oxygen atoms in total. The summed E-state index contributed by atoms with van der Waals surface area (Å²) in [7, 11) is 1.96. The van der Waals surface area contributed by atoms with Crippen molar-refractivity contribution < 1.29 is 9.53 Å². The molecule has 0 saturated carbocycles. The minimum atomic E-state index is -0.307. The van der Waals surface area contributed by atoms with E-state index < -0.39 is 0 Å². The third-order valence-corrected chi connectivity index (χ3v) is 5.49. The second-order valence-electron chi connectivity index (χ2n) is 7.90. The molecule has 3 aromatic carbocycles. The molecule has 5 rings (SSSR count). The predicted octanol–water partition coefficient (Wildman–Crippen LogP) is 6.40. The summed E-state index contributed by atoms with van der Waals surface area (Å²) < 4.78 is 8.01. The van der Waals surface area contributed by atoms with E-state index in [0.29, 0.717) is 23.1 Å². The van der Waals surface area contributed by atoms with Gasteiger partial charge in [0.2, 0.25) is 5.95 Å². The largest absolute Gasteiger partial charge is 0.457 e. The van der Waals surface area contributed by atoms with E-state index in [1.54, 1.807) is 18.3 Å². The second-order valence-corrected chi connectivity index (χ2v) is 7.90. The quantitative estimate of drug-likeness (QED) is 0.293. The molecule has 0 spiro atoms. The van der Waals surface area contributed by atoms with Crippen LogP contribution in [0.2, 0.25) is 0 Å². The number of hydrogen-bond acceptors (Lipinski definition) is 5. The fourth-order valence-electron chi connectivity index (χ4n) is 3.64. The standard InChI is InChI=1S/C28H23N5O2/c1-3-19-9-11-21(12-10-19)31-28-32-24-17-22(13-14-26(24)33(28)2)35-23-15-16-29-25(18-23)27(34)30-20-7-5-4-6-8-20/h3-18H,1H2,2H3,(H,30,34)(H,31,32). The van der Waals surface area contributed by atoms with E-state index in [0.717, 1.165) is 22.3 Å². The number of nitrogens with one attached hydrogen (secondary N) is 2. The molecule has 0 bridgehead atoms. The lowest BCUT2D eigenvalue weighted by atomic mass is 10.2. The van der Waals surface area contributed by atoms with Crippen LogP contribution >= 0.6 is 0 Å². The fourth-order valence-corrected chi connectivity index (χ4v) is 3.64. The zero-order chi connectivity index (χ0) is 24.2. The molecule has 2 N–H and O–H groups in total. The first-order valence-electron chi connectivity index (χ1n) is 11.1. The van der Waals surface area contributed by atoms with Gasteiger partial charge in [-0.25, -0.2) is 4.98 Å². The van der Waals surface area contributed by atoms with E-state index in [1.807, 2.05) is 90.5 Å². The van der Waals surface area contributed by atoms with E-state index in [1.165, 1.54) is 0 Å². The lowest BCUT2D eigenvalue weighted by Crippen LogP contribution is -2.13. The number of carbonyl (C=O) groups is 1. The van der Waals surface area contributed by atoms with E-state index in [9.17, 15) is 4.79 Å². The molecule has 5 aromatic rings. The molecule has 2 aromatic heterocycles. The number of aromatic nitrogens is 3. The van der Waals surface area contributed by atoms with Crippen LogP contribution < -0.4 is 15.4 Å². The number of fused-ring (bicyclic) bond motifs is 1. The summed E-state index contributed by atoms with van der Waals surface area (Å²) in [6.45, 7) is 3.78. The van der Waals surface area contributed by atoms with Crippen molar-refractivity contribution in [2.75, 3.05) is 10.6 Å². The molecule has 0 fully saturated rings. The van der Waals surface area contributed by atoms with Crippen LogP contribution in [0.3, 0.4) is 0 Å². The normalized spacial score (nSPS) is 10.7. The molecule has 172 valence electrons. The highest BCUT2D eigenvalue weighted by molar-refractivity contribution is 6.03. The zero-order valence-corrected chi connectivity index (χ0v) is 19.1. The highest BCUT2D eigenvalue weighted by Gasteiger charge is 2.12. The van der Waals surface area contributed by atoms with Gasteiger partial charge in [0, 0.05) is 36.8 Å². The Hall–Kier alpha value is -4.91. The topological polar surface area (TPSA) is 81.1 Å². The van der Waals surface area contributed by atoms with Gasteiger partial charge in [0.05, 0.1) is 11.0 Å². The molecule has 0 radical (unpaired) electrons. The number of anilines is 3. The molecule has 2 heterocycles. The zero-order valence-electron chi connectivity index (χ0n) is 19.1. The Labute approximate surface area is 202 Å². The fraction of sp³-hybridized carbons (Fsp3) is 0.0357.